The monoisotopic (exact) mass is 423 g/mol. The van der Waals surface area contributed by atoms with Gasteiger partial charge in [0.25, 0.3) is 0 Å². The fourth-order valence-electron chi connectivity index (χ4n) is 4.73. The highest BCUT2D eigenvalue weighted by Gasteiger charge is 2.56. The summed E-state index contributed by atoms with van der Waals surface area (Å²) in [5, 5.41) is 0. The molecule has 0 unspecified atom stereocenters. The summed E-state index contributed by atoms with van der Waals surface area (Å²) in [4.78, 5) is 6.86. The van der Waals surface area contributed by atoms with Crippen LogP contribution in [0.4, 0.5) is 4.39 Å². The third-order valence-corrected chi connectivity index (χ3v) is 8.10. The van der Waals surface area contributed by atoms with E-state index in [1.807, 2.05) is 30.5 Å². The van der Waals surface area contributed by atoms with Crippen LogP contribution in [0.25, 0.3) is 0 Å². The number of benzene rings is 2. The molecule has 3 aromatic rings. The molecule has 0 radical (unpaired) electrons. The fourth-order valence-corrected chi connectivity index (χ4v) is 6.78. The van der Waals surface area contributed by atoms with Gasteiger partial charge in [-0.2, -0.15) is 4.31 Å². The molecule has 1 aromatic heterocycles. The Morgan fingerprint density at radius 2 is 1.77 bits per heavy atom. The van der Waals surface area contributed by atoms with Crippen LogP contribution in [-0.4, -0.2) is 35.7 Å². The fraction of sp³-hybridized carbons (Fsp3) is 0.261. The lowest BCUT2D eigenvalue weighted by Crippen LogP contribution is -2.45. The predicted molar refractivity (Wildman–Crippen MR) is 111 cm³/mol. The van der Waals surface area contributed by atoms with Crippen molar-refractivity contribution >= 4 is 10.0 Å². The van der Waals surface area contributed by atoms with Gasteiger partial charge in [-0.3, -0.25) is 9.88 Å². The van der Waals surface area contributed by atoms with E-state index < -0.39 is 15.6 Å². The van der Waals surface area contributed by atoms with Crippen molar-refractivity contribution in [2.75, 3.05) is 13.1 Å². The van der Waals surface area contributed by atoms with Gasteiger partial charge in [-0.15, -0.1) is 0 Å². The second-order valence-corrected chi connectivity index (χ2v) is 9.82. The normalized spacial score (nSPS) is 23.1. The number of rotatable bonds is 4. The van der Waals surface area contributed by atoms with Crippen LogP contribution >= 0.6 is 0 Å². The topological polar surface area (TPSA) is 53.5 Å². The molecule has 1 fully saturated rings. The van der Waals surface area contributed by atoms with Crippen molar-refractivity contribution in [3.8, 4) is 0 Å². The first kappa shape index (κ1) is 19.4. The van der Waals surface area contributed by atoms with Crippen LogP contribution in [0.1, 0.15) is 23.1 Å². The molecule has 0 bridgehead atoms. The molecule has 2 aliphatic heterocycles. The second-order valence-electron chi connectivity index (χ2n) is 7.99. The van der Waals surface area contributed by atoms with Gasteiger partial charge in [-0.25, -0.2) is 12.8 Å². The Morgan fingerprint density at radius 1 is 0.967 bits per heavy atom. The molecule has 2 aromatic carbocycles. The molecule has 154 valence electrons. The number of hydrogen-bond acceptors (Lipinski definition) is 4. The van der Waals surface area contributed by atoms with Crippen molar-refractivity contribution in [1.82, 2.24) is 14.2 Å². The highest BCUT2D eigenvalue weighted by atomic mass is 32.2. The summed E-state index contributed by atoms with van der Waals surface area (Å²) in [6, 6.07) is 17.3. The van der Waals surface area contributed by atoms with E-state index in [1.165, 1.54) is 12.1 Å². The molecule has 3 heterocycles. The zero-order valence-corrected chi connectivity index (χ0v) is 17.2. The van der Waals surface area contributed by atoms with Gasteiger partial charge >= 0.3 is 0 Å². The summed E-state index contributed by atoms with van der Waals surface area (Å²) in [5.41, 5.74) is 2.12. The van der Waals surface area contributed by atoms with E-state index >= 15 is 0 Å². The van der Waals surface area contributed by atoms with Crippen LogP contribution in [0, 0.1) is 5.82 Å². The van der Waals surface area contributed by atoms with Crippen molar-refractivity contribution < 1.29 is 12.8 Å². The van der Waals surface area contributed by atoms with Crippen molar-refractivity contribution in [2.45, 2.75) is 29.9 Å². The van der Waals surface area contributed by atoms with E-state index in [1.54, 1.807) is 34.8 Å². The van der Waals surface area contributed by atoms with E-state index in [0.717, 1.165) is 29.8 Å². The Bertz CT molecular complexity index is 1170. The molecule has 1 atom stereocenters. The average molecular weight is 424 g/mol. The maximum atomic E-state index is 13.5. The Balaban J connectivity index is 1.52. The van der Waals surface area contributed by atoms with E-state index in [4.69, 9.17) is 0 Å². The number of nitrogens with zero attached hydrogens (tertiary/aromatic N) is 3. The second kappa shape index (κ2) is 7.27. The van der Waals surface area contributed by atoms with Gasteiger partial charge < -0.3 is 0 Å². The zero-order chi connectivity index (χ0) is 20.8. The Labute approximate surface area is 175 Å². The molecule has 0 aliphatic carbocycles. The minimum absolute atomic E-state index is 0.220. The van der Waals surface area contributed by atoms with Gasteiger partial charge in [-0.1, -0.05) is 36.4 Å². The number of aromatic nitrogens is 1. The van der Waals surface area contributed by atoms with Gasteiger partial charge in [0.05, 0.1) is 10.4 Å². The van der Waals surface area contributed by atoms with Gasteiger partial charge in [0.2, 0.25) is 10.0 Å². The number of likely N-dealkylation sites (tertiary alicyclic amines) is 1. The minimum Gasteiger partial charge on any atom is -0.297 e. The molecule has 0 N–H and O–H groups in total. The first-order valence-corrected chi connectivity index (χ1v) is 11.4. The molecule has 7 heteroatoms. The molecule has 30 heavy (non-hydrogen) atoms. The standard InChI is InChI=1S/C23H22FN3O2S/c24-20-9-7-18(8-10-20)16-27-23(21-5-1-2-6-22(21)30(27,28)29)11-13-26(17-23)15-19-4-3-12-25-14-19/h1-10,12,14H,11,13,15-17H2/t23-/m0/s1. The number of pyridine rings is 1. The minimum atomic E-state index is -3.64. The first-order valence-electron chi connectivity index (χ1n) is 9.97. The third-order valence-electron chi connectivity index (χ3n) is 6.13. The number of fused-ring (bicyclic) bond motifs is 2. The van der Waals surface area contributed by atoms with Crippen molar-refractivity contribution in [2.24, 2.45) is 0 Å². The molecule has 1 saturated heterocycles. The SMILES string of the molecule is O=S1(=O)c2ccccc2[C@@]2(CCN(Cc3cccnc3)C2)N1Cc1ccc(F)cc1. The molecule has 0 saturated carbocycles. The summed E-state index contributed by atoms with van der Waals surface area (Å²) >= 11 is 0. The van der Waals surface area contributed by atoms with Gasteiger partial charge in [0.15, 0.2) is 0 Å². The Kier molecular flexibility index (Phi) is 4.69. The predicted octanol–water partition coefficient (Wildman–Crippen LogP) is 3.53. The van der Waals surface area contributed by atoms with Crippen LogP contribution in [0.15, 0.2) is 78.0 Å². The van der Waals surface area contributed by atoms with E-state index in [0.29, 0.717) is 17.9 Å². The average Bonchev–Trinajstić information content (AvgIpc) is 3.24. The lowest BCUT2D eigenvalue weighted by atomic mass is 9.88. The Morgan fingerprint density at radius 3 is 2.53 bits per heavy atom. The quantitative estimate of drug-likeness (QED) is 0.644. The highest BCUT2D eigenvalue weighted by Crippen LogP contribution is 2.50. The number of hydrogen-bond donors (Lipinski definition) is 0. The smallest absolute Gasteiger partial charge is 0.244 e. The summed E-state index contributed by atoms with van der Waals surface area (Å²) in [6.45, 7) is 2.35. The van der Waals surface area contributed by atoms with E-state index in [2.05, 4.69) is 9.88 Å². The van der Waals surface area contributed by atoms with Gasteiger partial charge in [-0.05, 0) is 47.4 Å². The number of sulfonamides is 1. The van der Waals surface area contributed by atoms with Gasteiger partial charge in [0.1, 0.15) is 5.82 Å². The third kappa shape index (κ3) is 3.14. The molecule has 5 rings (SSSR count). The number of halogens is 1. The molecular formula is C23H22FN3O2S. The van der Waals surface area contributed by atoms with Crippen molar-refractivity contribution in [3.63, 3.8) is 0 Å². The summed E-state index contributed by atoms with van der Waals surface area (Å²) in [6.07, 6.45) is 4.31. The van der Waals surface area contributed by atoms with E-state index in [-0.39, 0.29) is 12.4 Å². The van der Waals surface area contributed by atoms with Crippen molar-refractivity contribution in [1.29, 1.82) is 0 Å². The maximum Gasteiger partial charge on any atom is 0.244 e. The molecule has 2 aliphatic rings. The van der Waals surface area contributed by atoms with Crippen LogP contribution < -0.4 is 0 Å². The molecule has 1 spiro atoms. The summed E-state index contributed by atoms with van der Waals surface area (Å²) in [7, 11) is -3.64. The van der Waals surface area contributed by atoms with Crippen LogP contribution in [0.5, 0.6) is 0 Å². The van der Waals surface area contributed by atoms with Crippen LogP contribution in [0.2, 0.25) is 0 Å². The molecule has 5 nitrogen and oxygen atoms in total. The van der Waals surface area contributed by atoms with E-state index in [9.17, 15) is 12.8 Å². The van der Waals surface area contributed by atoms with Crippen LogP contribution in [-0.2, 0) is 28.7 Å². The maximum absolute atomic E-state index is 13.5. The highest BCUT2D eigenvalue weighted by molar-refractivity contribution is 7.89. The molecule has 0 amide bonds. The molecular weight excluding hydrogens is 401 g/mol. The summed E-state index contributed by atoms with van der Waals surface area (Å²) in [5.74, 6) is -0.329. The van der Waals surface area contributed by atoms with Crippen LogP contribution in [0.3, 0.4) is 0 Å². The largest absolute Gasteiger partial charge is 0.297 e. The first-order chi connectivity index (χ1) is 14.5. The lowest BCUT2D eigenvalue weighted by molar-refractivity contribution is 0.184. The Hall–Kier alpha value is -2.61. The lowest BCUT2D eigenvalue weighted by Gasteiger charge is -2.34. The van der Waals surface area contributed by atoms with Crippen molar-refractivity contribution in [3.05, 3.63) is 95.6 Å². The zero-order valence-electron chi connectivity index (χ0n) is 16.4. The van der Waals surface area contributed by atoms with Gasteiger partial charge in [0, 0.05) is 38.6 Å². The summed E-state index contributed by atoms with van der Waals surface area (Å²) < 4.78 is 42.0.